The molecule has 1 unspecified atom stereocenters. The maximum Gasteiger partial charge on any atom is 0.407 e. The molecule has 3 aromatic rings. The molecule has 2 amide bonds. The second-order valence-electron chi connectivity index (χ2n) is 9.93. The molecule has 0 spiro atoms. The molecule has 0 aliphatic heterocycles. The van der Waals surface area contributed by atoms with Crippen LogP contribution in [-0.2, 0) is 9.53 Å². The van der Waals surface area contributed by atoms with Crippen LogP contribution < -0.4 is 15.4 Å². The van der Waals surface area contributed by atoms with E-state index in [0.717, 1.165) is 11.1 Å². The molecule has 1 aromatic heterocycles. The maximum atomic E-state index is 15.5. The van der Waals surface area contributed by atoms with Crippen molar-refractivity contribution in [3.63, 3.8) is 0 Å². The summed E-state index contributed by atoms with van der Waals surface area (Å²) in [7, 11) is 1.42. The molecule has 2 aromatic carbocycles. The standard InChI is InChI=1S/C29H34FN3O4/c1-17-9-8-14-31-25(17)23-22(27(36-7)24(30)19(3)26(23)33-16-34)21-12-10-20(11-13-21)18(2)15-32-28(35)37-29(4,5)6/h8-14,16,18H,15H2,1-7H3,(H,32,35)(H,33,34). The minimum atomic E-state index is -0.571. The summed E-state index contributed by atoms with van der Waals surface area (Å²) in [6.45, 7) is 11.3. The van der Waals surface area contributed by atoms with E-state index in [4.69, 9.17) is 9.47 Å². The second kappa shape index (κ2) is 11.4. The number of pyridine rings is 1. The highest BCUT2D eigenvalue weighted by Gasteiger charge is 2.27. The van der Waals surface area contributed by atoms with Crippen molar-refractivity contribution < 1.29 is 23.5 Å². The van der Waals surface area contributed by atoms with Gasteiger partial charge in [0.1, 0.15) is 5.60 Å². The number of aromatic nitrogens is 1. The van der Waals surface area contributed by atoms with Crippen molar-refractivity contribution in [2.24, 2.45) is 0 Å². The van der Waals surface area contributed by atoms with Crippen LogP contribution in [0.2, 0.25) is 0 Å². The van der Waals surface area contributed by atoms with Gasteiger partial charge in [-0.3, -0.25) is 9.78 Å². The number of amides is 2. The van der Waals surface area contributed by atoms with E-state index in [9.17, 15) is 9.59 Å². The average Bonchev–Trinajstić information content (AvgIpc) is 2.85. The number of anilines is 1. The van der Waals surface area contributed by atoms with Gasteiger partial charge in [0.2, 0.25) is 6.41 Å². The predicted molar refractivity (Wildman–Crippen MR) is 143 cm³/mol. The number of carbonyl (C=O) groups is 2. The van der Waals surface area contributed by atoms with Crippen molar-refractivity contribution in [3.05, 3.63) is 65.1 Å². The lowest BCUT2D eigenvalue weighted by atomic mass is 9.89. The number of methoxy groups -OCH3 is 1. The molecular formula is C29H34FN3O4. The molecule has 0 radical (unpaired) electrons. The number of hydrogen-bond acceptors (Lipinski definition) is 5. The van der Waals surface area contributed by atoms with Gasteiger partial charge < -0.3 is 20.1 Å². The van der Waals surface area contributed by atoms with Gasteiger partial charge in [-0.1, -0.05) is 37.3 Å². The predicted octanol–water partition coefficient (Wildman–Crippen LogP) is 6.38. The van der Waals surface area contributed by atoms with Crippen LogP contribution >= 0.6 is 0 Å². The van der Waals surface area contributed by atoms with Crippen molar-refractivity contribution in [1.82, 2.24) is 10.3 Å². The van der Waals surface area contributed by atoms with Crippen molar-refractivity contribution in [2.45, 2.75) is 53.1 Å². The Morgan fingerprint density at radius 1 is 1.14 bits per heavy atom. The molecule has 8 heteroatoms. The van der Waals surface area contributed by atoms with Gasteiger partial charge >= 0.3 is 6.09 Å². The Labute approximate surface area is 217 Å². The Hall–Kier alpha value is -3.94. The molecular weight excluding hydrogens is 473 g/mol. The first kappa shape index (κ1) is 27.6. The Kier molecular flexibility index (Phi) is 8.53. The molecule has 1 atom stereocenters. The van der Waals surface area contributed by atoms with E-state index in [1.165, 1.54) is 7.11 Å². The van der Waals surface area contributed by atoms with Crippen molar-refractivity contribution >= 4 is 18.2 Å². The van der Waals surface area contributed by atoms with E-state index < -0.39 is 17.5 Å². The summed E-state index contributed by atoms with van der Waals surface area (Å²) in [4.78, 5) is 28.1. The number of nitrogens with zero attached hydrogens (tertiary/aromatic N) is 1. The molecule has 0 fully saturated rings. The molecule has 0 saturated heterocycles. The number of carbonyl (C=O) groups excluding carboxylic acids is 2. The van der Waals surface area contributed by atoms with Crippen LogP contribution in [0.15, 0.2) is 42.6 Å². The summed E-state index contributed by atoms with van der Waals surface area (Å²) in [6.07, 6.45) is 1.72. The van der Waals surface area contributed by atoms with E-state index in [0.29, 0.717) is 41.0 Å². The van der Waals surface area contributed by atoms with Crippen LogP contribution in [0.1, 0.15) is 50.3 Å². The molecule has 37 heavy (non-hydrogen) atoms. The first-order valence-corrected chi connectivity index (χ1v) is 12.1. The summed E-state index contributed by atoms with van der Waals surface area (Å²) in [5.41, 5.74) is 4.24. The lowest BCUT2D eigenvalue weighted by Crippen LogP contribution is -2.34. The SMILES string of the molecule is COc1c(F)c(C)c(NC=O)c(-c2ncccc2C)c1-c1ccc(C(C)CNC(=O)OC(C)(C)C)cc1. The van der Waals surface area contributed by atoms with Crippen molar-refractivity contribution in [3.8, 4) is 28.1 Å². The minimum Gasteiger partial charge on any atom is -0.493 e. The monoisotopic (exact) mass is 507 g/mol. The van der Waals surface area contributed by atoms with Gasteiger partial charge in [0, 0.05) is 29.4 Å². The van der Waals surface area contributed by atoms with Gasteiger partial charge in [-0.05, 0) is 63.3 Å². The quantitative estimate of drug-likeness (QED) is 0.346. The Balaban J connectivity index is 2.07. The summed E-state index contributed by atoms with van der Waals surface area (Å²) in [5.74, 6) is -0.484. The van der Waals surface area contributed by atoms with Gasteiger partial charge in [-0.15, -0.1) is 0 Å². The molecule has 0 bridgehead atoms. The highest BCUT2D eigenvalue weighted by Crippen LogP contribution is 2.47. The number of nitrogens with one attached hydrogen (secondary N) is 2. The number of alkyl carbamates (subject to hydrolysis) is 1. The van der Waals surface area contributed by atoms with E-state index in [2.05, 4.69) is 15.6 Å². The lowest BCUT2D eigenvalue weighted by molar-refractivity contribution is -0.105. The summed E-state index contributed by atoms with van der Waals surface area (Å²) in [6, 6.07) is 11.3. The van der Waals surface area contributed by atoms with E-state index >= 15 is 4.39 Å². The largest absolute Gasteiger partial charge is 0.493 e. The number of aryl methyl sites for hydroxylation is 1. The molecule has 0 saturated carbocycles. The van der Waals surface area contributed by atoms with Gasteiger partial charge in [0.15, 0.2) is 11.6 Å². The molecule has 2 N–H and O–H groups in total. The van der Waals surface area contributed by atoms with E-state index in [1.807, 2.05) is 71.0 Å². The summed E-state index contributed by atoms with van der Waals surface area (Å²) in [5, 5.41) is 5.47. The van der Waals surface area contributed by atoms with Crippen LogP contribution in [0, 0.1) is 19.7 Å². The second-order valence-corrected chi connectivity index (χ2v) is 9.93. The highest BCUT2D eigenvalue weighted by atomic mass is 19.1. The van der Waals surface area contributed by atoms with Gasteiger partial charge in [0.25, 0.3) is 0 Å². The first-order valence-electron chi connectivity index (χ1n) is 12.1. The molecule has 196 valence electrons. The Bertz CT molecular complexity index is 1280. The zero-order valence-electron chi connectivity index (χ0n) is 22.4. The van der Waals surface area contributed by atoms with Crippen molar-refractivity contribution in [2.75, 3.05) is 19.0 Å². The van der Waals surface area contributed by atoms with Crippen LogP contribution in [0.25, 0.3) is 22.4 Å². The molecule has 1 heterocycles. The number of halogens is 1. The highest BCUT2D eigenvalue weighted by molar-refractivity contribution is 5.99. The number of ether oxygens (including phenoxy) is 2. The number of hydrogen-bond donors (Lipinski definition) is 2. The van der Waals surface area contributed by atoms with Gasteiger partial charge in [-0.25, -0.2) is 9.18 Å². The summed E-state index contributed by atoms with van der Waals surface area (Å²) >= 11 is 0. The van der Waals surface area contributed by atoms with Crippen molar-refractivity contribution in [1.29, 1.82) is 0 Å². The topological polar surface area (TPSA) is 89.5 Å². The fourth-order valence-corrected chi connectivity index (χ4v) is 4.15. The van der Waals surface area contributed by atoms with E-state index in [-0.39, 0.29) is 17.2 Å². The molecule has 0 aliphatic carbocycles. The fourth-order valence-electron chi connectivity index (χ4n) is 4.15. The fraction of sp³-hybridized carbons (Fsp3) is 0.345. The molecule has 0 aliphatic rings. The number of rotatable bonds is 8. The van der Waals surface area contributed by atoms with E-state index in [1.54, 1.807) is 13.1 Å². The molecule has 7 nitrogen and oxygen atoms in total. The lowest BCUT2D eigenvalue weighted by Gasteiger charge is -2.22. The average molecular weight is 508 g/mol. The first-order chi connectivity index (χ1) is 17.5. The molecule has 3 rings (SSSR count). The zero-order valence-corrected chi connectivity index (χ0v) is 22.4. The van der Waals surface area contributed by atoms with Gasteiger partial charge in [0.05, 0.1) is 18.5 Å². The Morgan fingerprint density at radius 3 is 2.38 bits per heavy atom. The smallest absolute Gasteiger partial charge is 0.407 e. The van der Waals surface area contributed by atoms with Gasteiger partial charge in [-0.2, -0.15) is 0 Å². The zero-order chi connectivity index (χ0) is 27.3. The van der Waals surface area contributed by atoms with Crippen LogP contribution in [0.4, 0.5) is 14.9 Å². The normalized spacial score (nSPS) is 12.0. The minimum absolute atomic E-state index is 0.00279. The summed E-state index contributed by atoms with van der Waals surface area (Å²) < 4.78 is 26.3. The third kappa shape index (κ3) is 6.25. The maximum absolute atomic E-state index is 15.5. The number of benzene rings is 2. The van der Waals surface area contributed by atoms with Crippen LogP contribution in [-0.4, -0.2) is 36.7 Å². The van der Waals surface area contributed by atoms with Crippen LogP contribution in [0.5, 0.6) is 5.75 Å². The Morgan fingerprint density at radius 2 is 1.81 bits per heavy atom. The van der Waals surface area contributed by atoms with Crippen LogP contribution in [0.3, 0.4) is 0 Å². The third-order valence-corrected chi connectivity index (χ3v) is 6.00. The third-order valence-electron chi connectivity index (χ3n) is 6.00.